The molecule has 0 saturated carbocycles. The van der Waals surface area contributed by atoms with Crippen molar-refractivity contribution in [3.8, 4) is 33.4 Å². The Morgan fingerprint density at radius 1 is 0.434 bits per heavy atom. The molecule has 0 aliphatic heterocycles. The summed E-state index contributed by atoms with van der Waals surface area (Å²) >= 11 is 0. The van der Waals surface area contributed by atoms with E-state index in [4.69, 9.17) is 0 Å². The van der Waals surface area contributed by atoms with Gasteiger partial charge in [0.15, 0.2) is 0 Å². The summed E-state index contributed by atoms with van der Waals surface area (Å²) in [5.41, 5.74) is 17.4. The summed E-state index contributed by atoms with van der Waals surface area (Å²) in [4.78, 5) is 2.42. The van der Waals surface area contributed by atoms with Gasteiger partial charge in [0.05, 0.1) is 0 Å². The Bertz CT molecular complexity index is 2490. The van der Waals surface area contributed by atoms with E-state index in [2.05, 4.69) is 220 Å². The Labute approximate surface area is 314 Å². The summed E-state index contributed by atoms with van der Waals surface area (Å²) in [5, 5.41) is 0. The summed E-state index contributed by atoms with van der Waals surface area (Å²) in [6.07, 6.45) is 8.05. The van der Waals surface area contributed by atoms with Crippen LogP contribution in [0.2, 0.25) is 0 Å². The van der Waals surface area contributed by atoms with Crippen LogP contribution in [-0.2, 0) is 10.8 Å². The summed E-state index contributed by atoms with van der Waals surface area (Å²) in [6, 6.07) is 64.3. The van der Waals surface area contributed by atoms with E-state index in [0.717, 1.165) is 23.5 Å². The molecule has 0 spiro atoms. The van der Waals surface area contributed by atoms with Crippen LogP contribution in [0.25, 0.3) is 39.0 Å². The molecule has 2 aliphatic rings. The zero-order valence-corrected chi connectivity index (χ0v) is 30.6. The number of rotatable bonds is 7. The molecule has 0 fully saturated rings. The average molecular weight is 682 g/mol. The van der Waals surface area contributed by atoms with Gasteiger partial charge in [-0.05, 0) is 110 Å². The van der Waals surface area contributed by atoms with Crippen molar-refractivity contribution >= 4 is 22.6 Å². The molecule has 0 heterocycles. The van der Waals surface area contributed by atoms with Gasteiger partial charge in [0.25, 0.3) is 0 Å². The average Bonchev–Trinajstić information content (AvgIpc) is 3.44. The molecule has 0 aromatic heterocycles. The van der Waals surface area contributed by atoms with Gasteiger partial charge in [-0.25, -0.2) is 0 Å². The van der Waals surface area contributed by atoms with Gasteiger partial charge < -0.3 is 4.90 Å². The lowest BCUT2D eigenvalue weighted by Crippen LogP contribution is -2.19. The monoisotopic (exact) mass is 681 g/mol. The number of fused-ring (bicyclic) bond motifs is 3. The smallest absolute Gasteiger partial charge is 0.0467 e. The number of hydrogen-bond acceptors (Lipinski definition) is 1. The molecule has 0 bridgehead atoms. The summed E-state index contributed by atoms with van der Waals surface area (Å²) < 4.78 is 0. The largest absolute Gasteiger partial charge is 0.310 e. The van der Waals surface area contributed by atoms with Crippen LogP contribution in [0.5, 0.6) is 0 Å². The van der Waals surface area contributed by atoms with Crippen molar-refractivity contribution in [3.63, 3.8) is 0 Å². The fourth-order valence-corrected chi connectivity index (χ4v) is 8.36. The highest BCUT2D eigenvalue weighted by molar-refractivity contribution is 5.88. The molecule has 1 unspecified atom stereocenters. The van der Waals surface area contributed by atoms with Crippen molar-refractivity contribution in [1.29, 1.82) is 0 Å². The van der Waals surface area contributed by atoms with Crippen molar-refractivity contribution in [2.45, 2.75) is 38.0 Å². The summed E-state index contributed by atoms with van der Waals surface area (Å²) in [7, 11) is 0. The van der Waals surface area contributed by atoms with E-state index in [1.54, 1.807) is 0 Å². The van der Waals surface area contributed by atoms with Crippen molar-refractivity contribution in [3.05, 3.63) is 216 Å². The van der Waals surface area contributed by atoms with Crippen molar-refractivity contribution < 1.29 is 0 Å². The lowest BCUT2D eigenvalue weighted by molar-refractivity contribution is 0.601. The SMILES string of the molecule is CC1(c2ccccc2)C=CC(c2ccc(N(c3cccc(-c4ccccc4)c3)c3ccc4c(c3)C(C)(C)c3cc(-c5ccccc5)ccc3-4)cc2)=CC1. The zero-order valence-electron chi connectivity index (χ0n) is 30.6. The number of hydrogen-bond donors (Lipinski definition) is 0. The van der Waals surface area contributed by atoms with E-state index in [1.807, 2.05) is 0 Å². The van der Waals surface area contributed by atoms with Crippen molar-refractivity contribution in [1.82, 2.24) is 0 Å². The maximum absolute atomic E-state index is 2.43. The van der Waals surface area contributed by atoms with Gasteiger partial charge in [-0.15, -0.1) is 0 Å². The molecule has 0 N–H and O–H groups in total. The first kappa shape index (κ1) is 32.7. The summed E-state index contributed by atoms with van der Waals surface area (Å²) in [5.74, 6) is 0. The molecule has 0 radical (unpaired) electrons. The highest BCUT2D eigenvalue weighted by atomic mass is 15.1. The quantitative estimate of drug-likeness (QED) is 0.162. The Balaban J connectivity index is 1.10. The van der Waals surface area contributed by atoms with E-state index in [0.29, 0.717) is 0 Å². The Morgan fingerprint density at radius 2 is 0.962 bits per heavy atom. The fourth-order valence-electron chi connectivity index (χ4n) is 8.36. The second kappa shape index (κ2) is 13.1. The van der Waals surface area contributed by atoms with Gasteiger partial charge in [-0.1, -0.05) is 172 Å². The third-order valence-electron chi connectivity index (χ3n) is 11.5. The minimum atomic E-state index is -0.152. The first-order valence-electron chi connectivity index (χ1n) is 18.7. The van der Waals surface area contributed by atoms with Gasteiger partial charge in [-0.3, -0.25) is 0 Å². The van der Waals surface area contributed by atoms with E-state index in [1.165, 1.54) is 61.2 Å². The van der Waals surface area contributed by atoms with E-state index in [9.17, 15) is 0 Å². The van der Waals surface area contributed by atoms with E-state index in [-0.39, 0.29) is 10.8 Å². The maximum Gasteiger partial charge on any atom is 0.0467 e. The fraction of sp³-hybridized carbons (Fsp3) is 0.115. The molecule has 7 aromatic carbocycles. The molecule has 7 aromatic rings. The van der Waals surface area contributed by atoms with Crippen LogP contribution in [0.1, 0.15) is 49.4 Å². The standard InChI is InChI=1S/C52H43N/c1-51(2)49-35-42(38-16-9-5-10-17-38)24-28-47(49)48-29-27-46(36-50(48)51)53(45-21-13-18-41(34-45)37-14-7-4-8-15-37)44-25-22-39(23-26-44)40-30-32-52(3,33-31-40)43-19-11-6-12-20-43/h4-32,34-36H,33H2,1-3H3. The lowest BCUT2D eigenvalue weighted by Gasteiger charge is -2.29. The Hall–Kier alpha value is -6.18. The second-order valence-corrected chi connectivity index (χ2v) is 15.3. The molecule has 0 amide bonds. The molecule has 2 aliphatic carbocycles. The minimum absolute atomic E-state index is 0.00931. The number of nitrogens with zero attached hydrogens (tertiary/aromatic N) is 1. The predicted octanol–water partition coefficient (Wildman–Crippen LogP) is 14.1. The highest BCUT2D eigenvalue weighted by Crippen LogP contribution is 2.52. The van der Waals surface area contributed by atoms with Gasteiger partial charge in [0, 0.05) is 27.9 Å². The van der Waals surface area contributed by atoms with Crippen LogP contribution in [0.4, 0.5) is 17.1 Å². The van der Waals surface area contributed by atoms with Crippen LogP contribution in [0.15, 0.2) is 194 Å². The van der Waals surface area contributed by atoms with Gasteiger partial charge >= 0.3 is 0 Å². The Morgan fingerprint density at radius 3 is 1.60 bits per heavy atom. The Kier molecular flexibility index (Phi) is 8.09. The molecule has 1 heteroatoms. The van der Waals surface area contributed by atoms with Gasteiger partial charge in [0.1, 0.15) is 0 Å². The number of benzene rings is 7. The first-order valence-corrected chi connectivity index (χ1v) is 18.7. The molecule has 53 heavy (non-hydrogen) atoms. The normalized spacial score (nSPS) is 16.8. The van der Waals surface area contributed by atoms with Crippen LogP contribution in [0, 0.1) is 0 Å². The maximum atomic E-state index is 2.43. The highest BCUT2D eigenvalue weighted by Gasteiger charge is 2.36. The lowest BCUT2D eigenvalue weighted by atomic mass is 9.75. The third-order valence-corrected chi connectivity index (χ3v) is 11.5. The van der Waals surface area contributed by atoms with Gasteiger partial charge in [0.2, 0.25) is 0 Å². The molecule has 256 valence electrons. The summed E-state index contributed by atoms with van der Waals surface area (Å²) in [6.45, 7) is 7.08. The predicted molar refractivity (Wildman–Crippen MR) is 225 cm³/mol. The van der Waals surface area contributed by atoms with Crippen LogP contribution in [-0.4, -0.2) is 0 Å². The minimum Gasteiger partial charge on any atom is -0.310 e. The molecule has 9 rings (SSSR count). The van der Waals surface area contributed by atoms with Crippen molar-refractivity contribution in [2.24, 2.45) is 0 Å². The zero-order chi connectivity index (χ0) is 36.0. The topological polar surface area (TPSA) is 3.24 Å². The van der Waals surface area contributed by atoms with E-state index < -0.39 is 0 Å². The van der Waals surface area contributed by atoms with Crippen molar-refractivity contribution in [2.75, 3.05) is 4.90 Å². The van der Waals surface area contributed by atoms with Gasteiger partial charge in [-0.2, -0.15) is 0 Å². The second-order valence-electron chi connectivity index (χ2n) is 15.3. The first-order chi connectivity index (χ1) is 25.9. The molecule has 1 atom stereocenters. The molecule has 1 nitrogen and oxygen atoms in total. The third kappa shape index (κ3) is 5.93. The van der Waals surface area contributed by atoms with E-state index >= 15 is 0 Å². The molecule has 0 saturated heterocycles. The van der Waals surface area contributed by atoms with Crippen LogP contribution < -0.4 is 4.90 Å². The van der Waals surface area contributed by atoms with Crippen LogP contribution >= 0.6 is 0 Å². The molecular formula is C52H43N. The van der Waals surface area contributed by atoms with Crippen LogP contribution in [0.3, 0.4) is 0 Å². The number of allylic oxidation sites excluding steroid dienone is 4. The number of anilines is 3. The molecular weight excluding hydrogens is 639 g/mol.